The van der Waals surface area contributed by atoms with E-state index in [-0.39, 0.29) is 11.8 Å². The normalized spacial score (nSPS) is 16.5. The van der Waals surface area contributed by atoms with Crippen molar-refractivity contribution in [1.82, 2.24) is 25.0 Å². The topological polar surface area (TPSA) is 97.0 Å². The SMILES string of the molecule is Cc1cc(Nc2ccccn2)cc([C@@H]2CCCN(C(=O)CCc3nc(C)no3)C2)n1. The first kappa shape index (κ1) is 20.0. The smallest absolute Gasteiger partial charge is 0.227 e. The highest BCUT2D eigenvalue weighted by atomic mass is 16.5. The average molecular weight is 406 g/mol. The molecule has 1 atom stereocenters. The van der Waals surface area contributed by atoms with Crippen molar-refractivity contribution >= 4 is 17.4 Å². The van der Waals surface area contributed by atoms with E-state index in [0.29, 0.717) is 31.1 Å². The molecular formula is C22H26N6O2. The number of rotatable bonds is 6. The Labute approximate surface area is 175 Å². The maximum Gasteiger partial charge on any atom is 0.227 e. The molecule has 0 aliphatic carbocycles. The third-order valence-electron chi connectivity index (χ3n) is 5.23. The molecule has 4 rings (SSSR count). The van der Waals surface area contributed by atoms with Crippen LogP contribution < -0.4 is 5.32 Å². The Morgan fingerprint density at radius 1 is 1.27 bits per heavy atom. The van der Waals surface area contributed by atoms with E-state index < -0.39 is 0 Å². The predicted molar refractivity (Wildman–Crippen MR) is 112 cm³/mol. The zero-order valence-electron chi connectivity index (χ0n) is 17.3. The molecule has 1 fully saturated rings. The van der Waals surface area contributed by atoms with Crippen molar-refractivity contribution in [2.24, 2.45) is 0 Å². The first-order chi connectivity index (χ1) is 14.6. The van der Waals surface area contributed by atoms with Gasteiger partial charge in [0.2, 0.25) is 11.8 Å². The molecule has 1 aliphatic rings. The van der Waals surface area contributed by atoms with E-state index in [1.165, 1.54) is 0 Å². The van der Waals surface area contributed by atoms with Crippen LogP contribution in [0.4, 0.5) is 11.5 Å². The first-order valence-corrected chi connectivity index (χ1v) is 10.3. The number of nitrogens with one attached hydrogen (secondary N) is 1. The van der Waals surface area contributed by atoms with Crippen molar-refractivity contribution in [3.05, 3.63) is 59.6 Å². The molecule has 156 valence electrons. The maximum absolute atomic E-state index is 12.7. The summed E-state index contributed by atoms with van der Waals surface area (Å²) in [6.07, 6.45) is 4.60. The van der Waals surface area contributed by atoms with Crippen LogP contribution >= 0.6 is 0 Å². The summed E-state index contributed by atoms with van der Waals surface area (Å²) in [5.41, 5.74) is 2.92. The van der Waals surface area contributed by atoms with Gasteiger partial charge in [-0.2, -0.15) is 4.98 Å². The molecule has 1 aliphatic heterocycles. The van der Waals surface area contributed by atoms with Gasteiger partial charge in [-0.15, -0.1) is 0 Å². The zero-order valence-corrected chi connectivity index (χ0v) is 17.3. The fraction of sp³-hybridized carbons (Fsp3) is 0.409. The lowest BCUT2D eigenvalue weighted by Gasteiger charge is -2.33. The largest absolute Gasteiger partial charge is 0.342 e. The van der Waals surface area contributed by atoms with E-state index in [1.807, 2.05) is 36.1 Å². The van der Waals surface area contributed by atoms with Gasteiger partial charge in [-0.05, 0) is 51.0 Å². The number of amides is 1. The molecule has 3 aromatic heterocycles. The Kier molecular flexibility index (Phi) is 6.02. The van der Waals surface area contributed by atoms with Crippen molar-refractivity contribution in [2.75, 3.05) is 18.4 Å². The van der Waals surface area contributed by atoms with E-state index in [1.54, 1.807) is 13.1 Å². The average Bonchev–Trinajstić information content (AvgIpc) is 3.17. The van der Waals surface area contributed by atoms with Crippen LogP contribution in [0.1, 0.15) is 48.3 Å². The molecule has 4 heterocycles. The molecule has 8 nitrogen and oxygen atoms in total. The standard InChI is InChI=1S/C22H26N6O2/c1-15-12-18(26-20-7-3-4-10-23-20)13-19(24-15)17-6-5-11-28(14-17)22(29)9-8-21-25-16(2)27-30-21/h3-4,7,10,12-13,17H,5-6,8-9,11,14H2,1-2H3,(H,23,24,26)/t17-/m1/s1. The van der Waals surface area contributed by atoms with Gasteiger partial charge in [-0.25, -0.2) is 4.98 Å². The van der Waals surface area contributed by atoms with Crippen LogP contribution in [0.5, 0.6) is 0 Å². The fourth-order valence-corrected chi connectivity index (χ4v) is 3.82. The molecule has 0 spiro atoms. The highest BCUT2D eigenvalue weighted by Gasteiger charge is 2.26. The Bertz CT molecular complexity index is 1000. The minimum absolute atomic E-state index is 0.120. The van der Waals surface area contributed by atoms with Gasteiger partial charge in [-0.1, -0.05) is 11.2 Å². The van der Waals surface area contributed by atoms with E-state index >= 15 is 0 Å². The van der Waals surface area contributed by atoms with Crippen molar-refractivity contribution in [3.63, 3.8) is 0 Å². The quantitative estimate of drug-likeness (QED) is 0.668. The second-order valence-electron chi connectivity index (χ2n) is 7.68. The lowest BCUT2D eigenvalue weighted by molar-refractivity contribution is -0.132. The maximum atomic E-state index is 12.7. The molecule has 0 aromatic carbocycles. The molecule has 0 unspecified atom stereocenters. The third-order valence-corrected chi connectivity index (χ3v) is 5.23. The Hall–Kier alpha value is -3.29. The number of carbonyl (C=O) groups excluding carboxylic acids is 1. The van der Waals surface area contributed by atoms with Crippen LogP contribution in [-0.2, 0) is 11.2 Å². The third kappa shape index (κ3) is 5.00. The molecule has 1 amide bonds. The van der Waals surface area contributed by atoms with Crippen molar-refractivity contribution in [2.45, 2.75) is 45.4 Å². The van der Waals surface area contributed by atoms with E-state index in [2.05, 4.69) is 26.5 Å². The summed E-state index contributed by atoms with van der Waals surface area (Å²) >= 11 is 0. The number of carbonyl (C=O) groups is 1. The van der Waals surface area contributed by atoms with Crippen LogP contribution in [0.3, 0.4) is 0 Å². The van der Waals surface area contributed by atoms with Gasteiger partial charge in [0.05, 0.1) is 0 Å². The minimum atomic E-state index is 0.120. The Morgan fingerprint density at radius 2 is 2.17 bits per heavy atom. The van der Waals surface area contributed by atoms with Crippen molar-refractivity contribution in [3.8, 4) is 0 Å². The lowest BCUT2D eigenvalue weighted by Crippen LogP contribution is -2.39. The summed E-state index contributed by atoms with van der Waals surface area (Å²) in [4.78, 5) is 27.9. The second kappa shape index (κ2) is 9.02. The van der Waals surface area contributed by atoms with Gasteiger partial charge in [-0.3, -0.25) is 9.78 Å². The molecule has 0 saturated carbocycles. The summed E-state index contributed by atoms with van der Waals surface area (Å²) < 4.78 is 5.11. The minimum Gasteiger partial charge on any atom is -0.342 e. The van der Waals surface area contributed by atoms with Crippen LogP contribution in [-0.4, -0.2) is 44.0 Å². The van der Waals surface area contributed by atoms with Crippen LogP contribution in [0.15, 0.2) is 41.1 Å². The number of aryl methyl sites for hydroxylation is 3. The lowest BCUT2D eigenvalue weighted by atomic mass is 9.93. The monoisotopic (exact) mass is 406 g/mol. The van der Waals surface area contributed by atoms with Gasteiger partial charge >= 0.3 is 0 Å². The van der Waals surface area contributed by atoms with E-state index in [0.717, 1.165) is 42.3 Å². The summed E-state index contributed by atoms with van der Waals surface area (Å²) in [7, 11) is 0. The van der Waals surface area contributed by atoms with Gasteiger partial charge in [0.1, 0.15) is 5.82 Å². The van der Waals surface area contributed by atoms with Crippen molar-refractivity contribution < 1.29 is 9.32 Å². The fourth-order valence-electron chi connectivity index (χ4n) is 3.82. The molecule has 0 bridgehead atoms. The van der Waals surface area contributed by atoms with Crippen molar-refractivity contribution in [1.29, 1.82) is 0 Å². The number of hydrogen-bond donors (Lipinski definition) is 1. The zero-order chi connectivity index (χ0) is 20.9. The Balaban J connectivity index is 1.41. The summed E-state index contributed by atoms with van der Waals surface area (Å²) in [6, 6.07) is 9.85. The number of pyridine rings is 2. The molecule has 1 N–H and O–H groups in total. The van der Waals surface area contributed by atoms with E-state index in [4.69, 9.17) is 9.51 Å². The molecular weight excluding hydrogens is 380 g/mol. The highest BCUT2D eigenvalue weighted by Crippen LogP contribution is 2.29. The number of aromatic nitrogens is 4. The molecule has 3 aromatic rings. The Morgan fingerprint density at radius 3 is 2.93 bits per heavy atom. The van der Waals surface area contributed by atoms with E-state index in [9.17, 15) is 4.79 Å². The first-order valence-electron chi connectivity index (χ1n) is 10.3. The summed E-state index contributed by atoms with van der Waals surface area (Å²) in [5.74, 6) is 2.24. The van der Waals surface area contributed by atoms with Gasteiger partial charge < -0.3 is 14.7 Å². The second-order valence-corrected chi connectivity index (χ2v) is 7.68. The number of nitrogens with zero attached hydrogens (tertiary/aromatic N) is 5. The van der Waals surface area contributed by atoms with Crippen LogP contribution in [0, 0.1) is 13.8 Å². The molecule has 8 heteroatoms. The molecule has 30 heavy (non-hydrogen) atoms. The number of likely N-dealkylation sites (tertiary alicyclic amines) is 1. The van der Waals surface area contributed by atoms with Gasteiger partial charge in [0.25, 0.3) is 0 Å². The highest BCUT2D eigenvalue weighted by molar-refractivity contribution is 5.76. The predicted octanol–water partition coefficient (Wildman–Crippen LogP) is 3.56. The summed E-state index contributed by atoms with van der Waals surface area (Å²) in [5, 5.41) is 7.12. The number of anilines is 2. The van der Waals surface area contributed by atoms with Gasteiger partial charge in [0.15, 0.2) is 5.82 Å². The van der Waals surface area contributed by atoms with Crippen LogP contribution in [0.2, 0.25) is 0 Å². The molecule has 0 radical (unpaired) electrons. The van der Waals surface area contributed by atoms with Gasteiger partial charge in [0, 0.05) is 55.1 Å². The summed E-state index contributed by atoms with van der Waals surface area (Å²) in [6.45, 7) is 5.23. The number of hydrogen-bond acceptors (Lipinski definition) is 7. The number of piperidine rings is 1. The molecule has 1 saturated heterocycles. The van der Waals surface area contributed by atoms with Crippen LogP contribution in [0.25, 0.3) is 0 Å².